The molecule has 0 radical (unpaired) electrons. The van der Waals surface area contributed by atoms with E-state index in [2.05, 4.69) is 240 Å². The SMILES string of the molecule is c1ccc(-c2ccccc2-c2c(-c3ccccc3)cccc2-c2ccc(N(c3ccccc3)c3ccc(-n4c5ccccc5c5ccccc54)cc3)cc2)cc1. The van der Waals surface area contributed by atoms with Crippen molar-refractivity contribution in [1.29, 1.82) is 0 Å². The predicted octanol–water partition coefficient (Wildman–Crippen LogP) is 14.9. The van der Waals surface area contributed by atoms with E-state index in [9.17, 15) is 0 Å². The lowest BCUT2D eigenvalue weighted by molar-refractivity contribution is 1.17. The highest BCUT2D eigenvalue weighted by atomic mass is 15.1. The molecule has 264 valence electrons. The number of para-hydroxylation sites is 3. The van der Waals surface area contributed by atoms with Crippen molar-refractivity contribution in [1.82, 2.24) is 4.57 Å². The van der Waals surface area contributed by atoms with Gasteiger partial charge in [-0.15, -0.1) is 0 Å². The summed E-state index contributed by atoms with van der Waals surface area (Å²) < 4.78 is 2.37. The van der Waals surface area contributed by atoms with Crippen molar-refractivity contribution in [3.8, 4) is 50.2 Å². The van der Waals surface area contributed by atoms with Gasteiger partial charge in [-0.2, -0.15) is 0 Å². The van der Waals surface area contributed by atoms with Gasteiger partial charge in [-0.1, -0.05) is 170 Å². The van der Waals surface area contributed by atoms with Gasteiger partial charge in [0.25, 0.3) is 0 Å². The van der Waals surface area contributed by atoms with Crippen LogP contribution in [0.25, 0.3) is 72.0 Å². The molecule has 1 heterocycles. The highest BCUT2D eigenvalue weighted by Gasteiger charge is 2.19. The highest BCUT2D eigenvalue weighted by Crippen LogP contribution is 2.45. The van der Waals surface area contributed by atoms with Crippen LogP contribution in [0.5, 0.6) is 0 Å². The molecule has 0 spiro atoms. The van der Waals surface area contributed by atoms with Gasteiger partial charge in [0.2, 0.25) is 0 Å². The molecule has 2 heteroatoms. The van der Waals surface area contributed by atoms with Gasteiger partial charge in [-0.25, -0.2) is 0 Å². The average molecular weight is 715 g/mol. The molecule has 0 fully saturated rings. The Kier molecular flexibility index (Phi) is 8.55. The van der Waals surface area contributed by atoms with Crippen molar-refractivity contribution in [2.75, 3.05) is 4.90 Å². The largest absolute Gasteiger partial charge is 0.311 e. The molecule has 0 aliphatic heterocycles. The summed E-state index contributed by atoms with van der Waals surface area (Å²) >= 11 is 0. The van der Waals surface area contributed by atoms with Gasteiger partial charge in [0.05, 0.1) is 11.0 Å². The number of hydrogen-bond donors (Lipinski definition) is 0. The lowest BCUT2D eigenvalue weighted by Gasteiger charge is -2.26. The van der Waals surface area contributed by atoms with Crippen LogP contribution in [0.2, 0.25) is 0 Å². The van der Waals surface area contributed by atoms with Crippen LogP contribution in [-0.4, -0.2) is 4.57 Å². The number of fused-ring (bicyclic) bond motifs is 3. The normalized spacial score (nSPS) is 11.2. The number of nitrogens with zero attached hydrogens (tertiary/aromatic N) is 2. The fourth-order valence-corrected chi connectivity index (χ4v) is 8.28. The van der Waals surface area contributed by atoms with E-state index in [1.807, 2.05) is 0 Å². The first-order valence-electron chi connectivity index (χ1n) is 19.2. The summed E-state index contributed by atoms with van der Waals surface area (Å²) in [6, 6.07) is 83.0. The van der Waals surface area contributed by atoms with Gasteiger partial charge in [0, 0.05) is 33.5 Å². The van der Waals surface area contributed by atoms with Crippen LogP contribution in [0.3, 0.4) is 0 Å². The summed E-state index contributed by atoms with van der Waals surface area (Å²) in [4.78, 5) is 2.34. The summed E-state index contributed by atoms with van der Waals surface area (Å²) in [5.41, 5.74) is 16.5. The predicted molar refractivity (Wildman–Crippen MR) is 237 cm³/mol. The monoisotopic (exact) mass is 714 g/mol. The van der Waals surface area contributed by atoms with Gasteiger partial charge in [0.15, 0.2) is 0 Å². The smallest absolute Gasteiger partial charge is 0.0541 e. The summed E-state index contributed by atoms with van der Waals surface area (Å²) in [6.45, 7) is 0. The first kappa shape index (κ1) is 33.2. The van der Waals surface area contributed by atoms with Crippen molar-refractivity contribution in [2.24, 2.45) is 0 Å². The molecule has 0 amide bonds. The van der Waals surface area contributed by atoms with Crippen LogP contribution in [-0.2, 0) is 0 Å². The second-order valence-electron chi connectivity index (χ2n) is 14.1. The second kappa shape index (κ2) is 14.4. The first-order valence-corrected chi connectivity index (χ1v) is 19.2. The quantitative estimate of drug-likeness (QED) is 0.152. The molecule has 0 unspecified atom stereocenters. The number of benzene rings is 9. The van der Waals surface area contributed by atoms with E-state index in [0.717, 1.165) is 22.7 Å². The number of hydrogen-bond acceptors (Lipinski definition) is 1. The molecule has 0 bridgehead atoms. The Morgan fingerprint density at radius 2 is 0.661 bits per heavy atom. The van der Waals surface area contributed by atoms with Crippen molar-refractivity contribution < 1.29 is 0 Å². The van der Waals surface area contributed by atoms with Crippen LogP contribution in [0.4, 0.5) is 17.1 Å². The zero-order valence-corrected chi connectivity index (χ0v) is 30.8. The molecule has 9 aromatic carbocycles. The van der Waals surface area contributed by atoms with Crippen molar-refractivity contribution in [2.45, 2.75) is 0 Å². The molecular weight excluding hydrogens is 677 g/mol. The molecule has 0 aliphatic rings. The zero-order valence-electron chi connectivity index (χ0n) is 30.8. The van der Waals surface area contributed by atoms with Gasteiger partial charge >= 0.3 is 0 Å². The van der Waals surface area contributed by atoms with Crippen LogP contribution in [0.1, 0.15) is 0 Å². The Balaban J connectivity index is 1.08. The summed E-state index contributed by atoms with van der Waals surface area (Å²) in [6.07, 6.45) is 0. The average Bonchev–Trinajstić information content (AvgIpc) is 3.62. The minimum Gasteiger partial charge on any atom is -0.311 e. The molecule has 10 aromatic rings. The Morgan fingerprint density at radius 1 is 0.268 bits per heavy atom. The fourth-order valence-electron chi connectivity index (χ4n) is 8.28. The molecule has 0 aliphatic carbocycles. The molecule has 0 atom stereocenters. The fraction of sp³-hybridized carbons (Fsp3) is 0. The van der Waals surface area contributed by atoms with Gasteiger partial charge in [-0.05, 0) is 105 Å². The molecule has 0 saturated heterocycles. The molecule has 0 N–H and O–H groups in total. The standard InChI is InChI=1S/C54H38N2/c1-4-17-39(18-5-1)46-23-10-11-26-51(46)54-47(40-19-6-2-7-20-40)27-16-28-48(54)41-31-33-43(34-32-41)55(42-21-8-3-9-22-42)44-35-37-45(38-36-44)56-52-29-14-12-24-49(52)50-25-13-15-30-53(50)56/h1-38H. The Bertz CT molecular complexity index is 2870. The van der Waals surface area contributed by atoms with Crippen LogP contribution >= 0.6 is 0 Å². The van der Waals surface area contributed by atoms with E-state index in [0.29, 0.717) is 0 Å². The van der Waals surface area contributed by atoms with Crippen LogP contribution in [0.15, 0.2) is 231 Å². The van der Waals surface area contributed by atoms with Crippen LogP contribution in [0, 0.1) is 0 Å². The molecule has 56 heavy (non-hydrogen) atoms. The molecular formula is C54H38N2. The van der Waals surface area contributed by atoms with E-state index in [1.54, 1.807) is 0 Å². The van der Waals surface area contributed by atoms with E-state index in [4.69, 9.17) is 0 Å². The topological polar surface area (TPSA) is 8.17 Å². The number of aromatic nitrogens is 1. The first-order chi connectivity index (χ1) is 27.8. The van der Waals surface area contributed by atoms with E-state index < -0.39 is 0 Å². The number of rotatable bonds is 8. The zero-order chi connectivity index (χ0) is 37.3. The van der Waals surface area contributed by atoms with Gasteiger partial charge in [-0.3, -0.25) is 0 Å². The maximum absolute atomic E-state index is 2.37. The Morgan fingerprint density at radius 3 is 1.23 bits per heavy atom. The maximum Gasteiger partial charge on any atom is 0.0541 e. The third-order valence-corrected chi connectivity index (χ3v) is 10.8. The lowest BCUT2D eigenvalue weighted by Crippen LogP contribution is -2.10. The Hall–Kier alpha value is -7.42. The third-order valence-electron chi connectivity index (χ3n) is 10.8. The molecule has 1 aromatic heterocycles. The van der Waals surface area contributed by atoms with E-state index in [-0.39, 0.29) is 0 Å². The summed E-state index contributed by atoms with van der Waals surface area (Å²) in [7, 11) is 0. The Labute approximate surface area is 327 Å². The lowest BCUT2D eigenvalue weighted by atomic mass is 9.84. The van der Waals surface area contributed by atoms with Crippen LogP contribution < -0.4 is 4.90 Å². The minimum atomic E-state index is 1.09. The molecule has 2 nitrogen and oxygen atoms in total. The van der Waals surface area contributed by atoms with E-state index >= 15 is 0 Å². The van der Waals surface area contributed by atoms with Crippen molar-refractivity contribution in [3.05, 3.63) is 231 Å². The second-order valence-corrected chi connectivity index (χ2v) is 14.1. The summed E-state index contributed by atoms with van der Waals surface area (Å²) in [5, 5.41) is 2.53. The molecule has 0 saturated carbocycles. The maximum atomic E-state index is 2.37. The number of anilines is 3. The highest BCUT2D eigenvalue weighted by molar-refractivity contribution is 6.09. The van der Waals surface area contributed by atoms with Gasteiger partial charge in [0.1, 0.15) is 0 Å². The van der Waals surface area contributed by atoms with Crippen molar-refractivity contribution in [3.63, 3.8) is 0 Å². The van der Waals surface area contributed by atoms with Gasteiger partial charge < -0.3 is 9.47 Å². The third kappa shape index (κ3) is 5.95. The van der Waals surface area contributed by atoms with Crippen molar-refractivity contribution >= 4 is 38.9 Å². The molecule has 10 rings (SSSR count). The summed E-state index contributed by atoms with van der Waals surface area (Å²) in [5.74, 6) is 0. The van der Waals surface area contributed by atoms with E-state index in [1.165, 1.54) is 66.3 Å². The minimum absolute atomic E-state index is 1.09.